The van der Waals surface area contributed by atoms with Gasteiger partial charge in [-0.05, 0) is 13.3 Å². The molecule has 1 aromatic rings. The summed E-state index contributed by atoms with van der Waals surface area (Å²) in [5.41, 5.74) is -0.831. The number of likely N-dealkylation sites (tertiary alicyclic amines) is 1. The van der Waals surface area contributed by atoms with Crippen LogP contribution < -0.4 is 0 Å². The molecule has 0 aliphatic carbocycles. The predicted molar refractivity (Wildman–Crippen MR) is 58.6 cm³/mol. The number of amides is 1. The number of nitrogens with one attached hydrogen (secondary N) is 1. The lowest BCUT2D eigenvalue weighted by Crippen LogP contribution is -2.34. The Hall–Kier alpha value is -1.89. The molecule has 1 saturated heterocycles. The van der Waals surface area contributed by atoms with Gasteiger partial charge in [-0.15, -0.1) is 0 Å². The molecule has 0 spiro atoms. The highest BCUT2D eigenvalue weighted by Crippen LogP contribution is 2.22. The Bertz CT molecular complexity index is 466. The molecule has 1 fully saturated rings. The molecular weight excluding hydrogens is 226 g/mol. The van der Waals surface area contributed by atoms with E-state index in [1.54, 1.807) is 6.92 Å². The Morgan fingerprint density at radius 2 is 2.41 bits per heavy atom. The molecule has 0 radical (unpaired) electrons. The second-order valence-electron chi connectivity index (χ2n) is 4.50. The molecule has 1 amide bonds. The minimum absolute atomic E-state index is 0.140. The summed E-state index contributed by atoms with van der Waals surface area (Å²) in [5, 5.41) is 20.2. The van der Waals surface area contributed by atoms with Crippen molar-refractivity contribution in [1.29, 1.82) is 0 Å². The van der Waals surface area contributed by atoms with Gasteiger partial charge in [0.25, 0.3) is 11.6 Å². The number of H-pyrrole nitrogens is 1. The molecule has 1 atom stereocenters. The number of nitrogens with zero attached hydrogens (tertiary/aromatic N) is 2. The molecule has 1 aliphatic heterocycles. The van der Waals surface area contributed by atoms with Crippen LogP contribution in [0.15, 0.2) is 12.3 Å². The van der Waals surface area contributed by atoms with Gasteiger partial charge in [-0.3, -0.25) is 14.9 Å². The zero-order valence-electron chi connectivity index (χ0n) is 9.34. The van der Waals surface area contributed by atoms with E-state index in [2.05, 4.69) is 4.98 Å². The summed E-state index contributed by atoms with van der Waals surface area (Å²) < 4.78 is 0. The lowest BCUT2D eigenvalue weighted by atomic mass is 10.1. The molecule has 1 aromatic heterocycles. The molecule has 2 N–H and O–H groups in total. The van der Waals surface area contributed by atoms with Crippen molar-refractivity contribution in [2.45, 2.75) is 18.9 Å². The van der Waals surface area contributed by atoms with E-state index < -0.39 is 10.5 Å². The van der Waals surface area contributed by atoms with Gasteiger partial charge in [-0.1, -0.05) is 0 Å². The average Bonchev–Trinajstić information content (AvgIpc) is 2.83. The number of carbonyl (C=O) groups is 1. The lowest BCUT2D eigenvalue weighted by Gasteiger charge is -2.18. The summed E-state index contributed by atoms with van der Waals surface area (Å²) in [6.07, 6.45) is 1.70. The van der Waals surface area contributed by atoms with E-state index in [4.69, 9.17) is 0 Å². The van der Waals surface area contributed by atoms with E-state index >= 15 is 0 Å². The Morgan fingerprint density at radius 1 is 1.71 bits per heavy atom. The van der Waals surface area contributed by atoms with Gasteiger partial charge in [0.1, 0.15) is 5.69 Å². The summed E-state index contributed by atoms with van der Waals surface area (Å²) >= 11 is 0. The Morgan fingerprint density at radius 3 is 2.88 bits per heavy atom. The van der Waals surface area contributed by atoms with E-state index in [1.165, 1.54) is 17.2 Å². The molecular formula is C10H13N3O4. The molecule has 7 nitrogen and oxygen atoms in total. The monoisotopic (exact) mass is 239 g/mol. The summed E-state index contributed by atoms with van der Waals surface area (Å²) in [4.78, 5) is 25.9. The molecule has 7 heteroatoms. The molecule has 2 rings (SSSR count). The van der Waals surface area contributed by atoms with Crippen molar-refractivity contribution in [2.75, 3.05) is 13.1 Å². The van der Waals surface area contributed by atoms with Crippen LogP contribution in [0, 0.1) is 10.1 Å². The topological polar surface area (TPSA) is 99.5 Å². The fourth-order valence-corrected chi connectivity index (χ4v) is 1.90. The SMILES string of the molecule is CC1(O)CCN(C(=O)c2cc([N+](=O)[O-])c[nH]2)C1. The van der Waals surface area contributed by atoms with Gasteiger partial charge in [0.15, 0.2) is 0 Å². The normalized spacial score (nSPS) is 24.0. The third-order valence-corrected chi connectivity index (χ3v) is 2.85. The number of nitro groups is 1. The van der Waals surface area contributed by atoms with E-state index in [0.717, 1.165) is 0 Å². The Kier molecular flexibility index (Phi) is 2.62. The van der Waals surface area contributed by atoms with Crippen LogP contribution in [0.2, 0.25) is 0 Å². The van der Waals surface area contributed by atoms with Gasteiger partial charge in [0, 0.05) is 19.2 Å². The van der Waals surface area contributed by atoms with Crippen molar-refractivity contribution in [3.63, 3.8) is 0 Å². The first-order valence-electron chi connectivity index (χ1n) is 5.23. The highest BCUT2D eigenvalue weighted by atomic mass is 16.6. The van der Waals surface area contributed by atoms with Crippen LogP contribution >= 0.6 is 0 Å². The van der Waals surface area contributed by atoms with E-state index in [1.807, 2.05) is 0 Å². The molecule has 0 aromatic carbocycles. The van der Waals surface area contributed by atoms with Crippen LogP contribution in [0.1, 0.15) is 23.8 Å². The van der Waals surface area contributed by atoms with E-state index in [0.29, 0.717) is 13.0 Å². The minimum atomic E-state index is -0.867. The molecule has 1 unspecified atom stereocenters. The summed E-state index contributed by atoms with van der Waals surface area (Å²) in [7, 11) is 0. The van der Waals surface area contributed by atoms with Gasteiger partial charge in [-0.2, -0.15) is 0 Å². The first-order valence-corrected chi connectivity index (χ1v) is 5.23. The maximum Gasteiger partial charge on any atom is 0.287 e. The average molecular weight is 239 g/mol. The van der Waals surface area contributed by atoms with E-state index in [-0.39, 0.29) is 23.8 Å². The molecule has 0 saturated carbocycles. The van der Waals surface area contributed by atoms with Gasteiger partial charge in [-0.25, -0.2) is 0 Å². The summed E-state index contributed by atoms with van der Waals surface area (Å²) in [6.45, 7) is 2.37. The van der Waals surface area contributed by atoms with Gasteiger partial charge in [0.05, 0.1) is 16.7 Å². The van der Waals surface area contributed by atoms with Gasteiger partial charge in [0.2, 0.25) is 0 Å². The smallest absolute Gasteiger partial charge is 0.287 e. The van der Waals surface area contributed by atoms with Crippen molar-refractivity contribution in [2.24, 2.45) is 0 Å². The number of hydrogen-bond donors (Lipinski definition) is 2. The Labute approximate surface area is 97.2 Å². The summed E-state index contributed by atoms with van der Waals surface area (Å²) in [6, 6.07) is 1.20. The number of aromatic amines is 1. The fraction of sp³-hybridized carbons (Fsp3) is 0.500. The molecule has 17 heavy (non-hydrogen) atoms. The quantitative estimate of drug-likeness (QED) is 0.580. The fourth-order valence-electron chi connectivity index (χ4n) is 1.90. The molecule has 1 aliphatic rings. The third-order valence-electron chi connectivity index (χ3n) is 2.85. The van der Waals surface area contributed by atoms with Crippen molar-refractivity contribution in [1.82, 2.24) is 9.88 Å². The molecule has 92 valence electrons. The largest absolute Gasteiger partial charge is 0.388 e. The number of hydrogen-bond acceptors (Lipinski definition) is 4. The maximum atomic E-state index is 11.9. The highest BCUT2D eigenvalue weighted by molar-refractivity contribution is 5.93. The van der Waals surface area contributed by atoms with Crippen LogP contribution in [-0.4, -0.2) is 44.5 Å². The van der Waals surface area contributed by atoms with Crippen molar-refractivity contribution in [3.05, 3.63) is 28.1 Å². The number of carbonyl (C=O) groups excluding carboxylic acids is 1. The lowest BCUT2D eigenvalue weighted by molar-refractivity contribution is -0.384. The van der Waals surface area contributed by atoms with Crippen molar-refractivity contribution >= 4 is 11.6 Å². The first-order chi connectivity index (χ1) is 7.89. The van der Waals surface area contributed by atoms with Crippen LogP contribution in [-0.2, 0) is 0 Å². The highest BCUT2D eigenvalue weighted by Gasteiger charge is 2.35. The van der Waals surface area contributed by atoms with Gasteiger partial charge < -0.3 is 15.0 Å². The third kappa shape index (κ3) is 2.28. The predicted octanol–water partition coefficient (Wildman–Crippen LogP) is 0.520. The molecule has 0 bridgehead atoms. The number of β-amino-alcohol motifs (C(OH)–C–C–N with tert-alkyl or cyclic N) is 1. The number of aromatic nitrogens is 1. The molecule has 2 heterocycles. The first kappa shape index (κ1) is 11.6. The maximum absolute atomic E-state index is 11.9. The zero-order valence-corrected chi connectivity index (χ0v) is 9.34. The zero-order chi connectivity index (χ0) is 12.6. The van der Waals surface area contributed by atoms with Crippen LogP contribution in [0.5, 0.6) is 0 Å². The van der Waals surface area contributed by atoms with Crippen LogP contribution in [0.3, 0.4) is 0 Å². The standard InChI is InChI=1S/C10H13N3O4/c1-10(15)2-3-12(6-10)9(14)8-4-7(5-11-8)13(16)17/h4-5,11,15H,2-3,6H2,1H3. The van der Waals surface area contributed by atoms with Crippen molar-refractivity contribution in [3.8, 4) is 0 Å². The van der Waals surface area contributed by atoms with Crippen LogP contribution in [0.25, 0.3) is 0 Å². The Balaban J connectivity index is 2.12. The number of aliphatic hydroxyl groups is 1. The van der Waals surface area contributed by atoms with E-state index in [9.17, 15) is 20.0 Å². The van der Waals surface area contributed by atoms with Crippen molar-refractivity contribution < 1.29 is 14.8 Å². The van der Waals surface area contributed by atoms with Crippen LogP contribution in [0.4, 0.5) is 5.69 Å². The second kappa shape index (κ2) is 3.85. The van der Waals surface area contributed by atoms with Gasteiger partial charge >= 0.3 is 0 Å². The summed E-state index contributed by atoms with van der Waals surface area (Å²) in [5.74, 6) is -0.323. The number of rotatable bonds is 2. The minimum Gasteiger partial charge on any atom is -0.388 e. The second-order valence-corrected chi connectivity index (χ2v) is 4.50.